The molecular weight excluding hydrogens is 471 g/mol. The molecule has 9 heteroatoms. The second kappa shape index (κ2) is 10.3. The van der Waals surface area contributed by atoms with E-state index >= 15 is 0 Å². The van der Waals surface area contributed by atoms with Crippen LogP contribution in [0.2, 0.25) is 10.0 Å². The third-order valence-electron chi connectivity index (χ3n) is 4.76. The van der Waals surface area contributed by atoms with Crippen molar-refractivity contribution in [2.45, 2.75) is 18.4 Å². The molecule has 0 aliphatic carbocycles. The summed E-state index contributed by atoms with van der Waals surface area (Å²) in [6.45, 7) is 1.54. The molecule has 32 heavy (non-hydrogen) atoms. The molecule has 0 heterocycles. The number of hydrogen-bond acceptors (Lipinski definition) is 4. The lowest BCUT2D eigenvalue weighted by Gasteiger charge is -2.25. The summed E-state index contributed by atoms with van der Waals surface area (Å²) in [5.41, 5.74) is 1.79. The van der Waals surface area contributed by atoms with Crippen molar-refractivity contribution in [1.82, 2.24) is 5.32 Å². The molecule has 0 aliphatic rings. The Morgan fingerprint density at radius 1 is 1.00 bits per heavy atom. The van der Waals surface area contributed by atoms with Crippen molar-refractivity contribution < 1.29 is 17.9 Å². The first-order valence-electron chi connectivity index (χ1n) is 9.66. The van der Waals surface area contributed by atoms with Crippen LogP contribution in [-0.4, -0.2) is 28.0 Å². The predicted molar refractivity (Wildman–Crippen MR) is 127 cm³/mol. The Morgan fingerprint density at radius 3 is 2.38 bits per heavy atom. The number of methoxy groups -OCH3 is 1. The maximum Gasteiger partial charge on any atom is 0.264 e. The zero-order valence-corrected chi connectivity index (χ0v) is 19.8. The lowest BCUT2D eigenvalue weighted by Crippen LogP contribution is -2.40. The van der Waals surface area contributed by atoms with Crippen LogP contribution >= 0.6 is 23.2 Å². The highest BCUT2D eigenvalue weighted by molar-refractivity contribution is 7.92. The summed E-state index contributed by atoms with van der Waals surface area (Å²) in [7, 11) is -2.56. The van der Waals surface area contributed by atoms with Gasteiger partial charge in [0, 0.05) is 12.1 Å². The van der Waals surface area contributed by atoms with E-state index in [2.05, 4.69) is 5.32 Å². The number of para-hydroxylation sites is 1. The van der Waals surface area contributed by atoms with E-state index in [0.29, 0.717) is 5.75 Å². The van der Waals surface area contributed by atoms with Gasteiger partial charge >= 0.3 is 0 Å². The van der Waals surface area contributed by atoms with E-state index in [1.54, 1.807) is 30.3 Å². The monoisotopic (exact) mass is 492 g/mol. The molecule has 3 aromatic carbocycles. The molecule has 0 saturated carbocycles. The van der Waals surface area contributed by atoms with Crippen molar-refractivity contribution in [3.05, 3.63) is 87.9 Å². The molecule has 0 atom stereocenters. The van der Waals surface area contributed by atoms with Gasteiger partial charge < -0.3 is 10.1 Å². The molecular formula is C23H22Cl2N2O4S. The van der Waals surface area contributed by atoms with E-state index in [0.717, 1.165) is 15.4 Å². The van der Waals surface area contributed by atoms with Crippen molar-refractivity contribution in [3.8, 4) is 5.75 Å². The molecule has 0 radical (unpaired) electrons. The van der Waals surface area contributed by atoms with E-state index < -0.39 is 22.5 Å². The van der Waals surface area contributed by atoms with Crippen molar-refractivity contribution in [3.63, 3.8) is 0 Å². The number of benzene rings is 3. The molecule has 0 aliphatic heterocycles. The van der Waals surface area contributed by atoms with Gasteiger partial charge in [-0.1, -0.05) is 65.2 Å². The smallest absolute Gasteiger partial charge is 0.264 e. The van der Waals surface area contributed by atoms with E-state index in [1.165, 1.54) is 25.3 Å². The topological polar surface area (TPSA) is 75.7 Å². The van der Waals surface area contributed by atoms with Crippen molar-refractivity contribution in [1.29, 1.82) is 0 Å². The largest absolute Gasteiger partial charge is 0.496 e. The zero-order valence-electron chi connectivity index (χ0n) is 17.5. The van der Waals surface area contributed by atoms with E-state index in [4.69, 9.17) is 27.9 Å². The summed E-state index contributed by atoms with van der Waals surface area (Å²) < 4.78 is 33.1. The van der Waals surface area contributed by atoms with Gasteiger partial charge in [0.05, 0.1) is 27.7 Å². The number of ether oxygens (including phenoxy) is 1. The number of sulfonamides is 1. The van der Waals surface area contributed by atoms with Crippen LogP contribution in [0.15, 0.2) is 71.6 Å². The molecule has 6 nitrogen and oxygen atoms in total. The third kappa shape index (κ3) is 5.35. The molecule has 1 N–H and O–H groups in total. The van der Waals surface area contributed by atoms with Gasteiger partial charge in [0.1, 0.15) is 12.3 Å². The molecule has 0 saturated heterocycles. The summed E-state index contributed by atoms with van der Waals surface area (Å²) in [5, 5.41) is 2.97. The predicted octanol–water partition coefficient (Wildman–Crippen LogP) is 4.82. The lowest BCUT2D eigenvalue weighted by molar-refractivity contribution is -0.119. The van der Waals surface area contributed by atoms with Crippen LogP contribution in [-0.2, 0) is 21.4 Å². The van der Waals surface area contributed by atoms with Gasteiger partial charge in [-0.05, 0) is 37.3 Å². The molecule has 0 bridgehead atoms. The van der Waals surface area contributed by atoms with Crippen molar-refractivity contribution in [2.75, 3.05) is 18.0 Å². The number of halogens is 2. The Hall–Kier alpha value is -2.74. The number of amides is 1. The fourth-order valence-electron chi connectivity index (χ4n) is 3.05. The molecule has 168 valence electrons. The first-order valence-corrected chi connectivity index (χ1v) is 11.9. The number of rotatable bonds is 8. The molecule has 0 unspecified atom stereocenters. The van der Waals surface area contributed by atoms with Gasteiger partial charge in [0.15, 0.2) is 0 Å². The summed E-state index contributed by atoms with van der Waals surface area (Å²) in [6.07, 6.45) is 0. The minimum absolute atomic E-state index is 0.0386. The summed E-state index contributed by atoms with van der Waals surface area (Å²) >= 11 is 12.4. The number of anilines is 1. The Balaban J connectivity index is 1.91. The zero-order chi connectivity index (χ0) is 23.3. The lowest BCUT2D eigenvalue weighted by atomic mass is 10.2. The van der Waals surface area contributed by atoms with Crippen LogP contribution in [0.25, 0.3) is 0 Å². The van der Waals surface area contributed by atoms with Gasteiger partial charge in [-0.2, -0.15) is 0 Å². The second-order valence-corrected chi connectivity index (χ2v) is 9.63. The van der Waals surface area contributed by atoms with Gasteiger partial charge in [-0.25, -0.2) is 8.42 Å². The number of nitrogens with one attached hydrogen (secondary N) is 1. The van der Waals surface area contributed by atoms with Crippen molar-refractivity contribution in [2.24, 2.45) is 0 Å². The molecule has 1 amide bonds. The van der Waals surface area contributed by atoms with Gasteiger partial charge in [-0.3, -0.25) is 9.10 Å². The summed E-state index contributed by atoms with van der Waals surface area (Å²) in [6, 6.07) is 18.2. The normalized spacial score (nSPS) is 11.1. The SMILES string of the molecule is COc1ccccc1CNC(=O)CN(c1cccc(Cl)c1Cl)S(=O)(=O)c1ccc(C)cc1. The Kier molecular flexibility index (Phi) is 7.66. The number of carbonyl (C=O) groups is 1. The van der Waals surface area contributed by atoms with Crippen LogP contribution in [0.3, 0.4) is 0 Å². The van der Waals surface area contributed by atoms with Crippen LogP contribution in [0, 0.1) is 6.92 Å². The van der Waals surface area contributed by atoms with Gasteiger partial charge in [0.2, 0.25) is 5.91 Å². The Morgan fingerprint density at radius 2 is 1.69 bits per heavy atom. The summed E-state index contributed by atoms with van der Waals surface area (Å²) in [4.78, 5) is 12.8. The van der Waals surface area contributed by atoms with Gasteiger partial charge in [-0.15, -0.1) is 0 Å². The highest BCUT2D eigenvalue weighted by Crippen LogP contribution is 2.35. The fourth-order valence-corrected chi connectivity index (χ4v) is 4.93. The number of aryl methyl sites for hydroxylation is 1. The highest BCUT2D eigenvalue weighted by Gasteiger charge is 2.29. The van der Waals surface area contributed by atoms with E-state index in [9.17, 15) is 13.2 Å². The van der Waals surface area contributed by atoms with Crippen LogP contribution in [0.5, 0.6) is 5.75 Å². The standard InChI is InChI=1S/C23H22Cl2N2O4S/c1-16-10-12-18(13-11-16)32(29,30)27(20-8-5-7-19(24)23(20)25)15-22(28)26-14-17-6-3-4-9-21(17)31-2/h3-13H,14-15H2,1-2H3,(H,26,28). The van der Waals surface area contributed by atoms with Crippen LogP contribution in [0.1, 0.15) is 11.1 Å². The van der Waals surface area contributed by atoms with E-state index in [1.807, 2.05) is 25.1 Å². The number of carbonyl (C=O) groups excluding carboxylic acids is 1. The minimum atomic E-state index is -4.10. The first kappa shape index (κ1) is 23.9. The maximum absolute atomic E-state index is 13.4. The fraction of sp³-hybridized carbons (Fsp3) is 0.174. The third-order valence-corrected chi connectivity index (χ3v) is 7.35. The molecule has 3 aromatic rings. The Bertz CT molecular complexity index is 1210. The number of hydrogen-bond donors (Lipinski definition) is 1. The van der Waals surface area contributed by atoms with E-state index in [-0.39, 0.29) is 27.2 Å². The van der Waals surface area contributed by atoms with Gasteiger partial charge in [0.25, 0.3) is 10.0 Å². The number of nitrogens with zero attached hydrogens (tertiary/aromatic N) is 1. The summed E-state index contributed by atoms with van der Waals surface area (Å²) in [5.74, 6) is 0.109. The first-order chi connectivity index (χ1) is 15.2. The Labute approximate surface area is 197 Å². The molecule has 0 fully saturated rings. The van der Waals surface area contributed by atoms with Crippen LogP contribution < -0.4 is 14.4 Å². The molecule has 3 rings (SSSR count). The molecule has 0 spiro atoms. The minimum Gasteiger partial charge on any atom is -0.496 e. The average Bonchev–Trinajstić information content (AvgIpc) is 2.78. The van der Waals surface area contributed by atoms with Crippen LogP contribution in [0.4, 0.5) is 5.69 Å². The second-order valence-electron chi connectivity index (χ2n) is 6.99. The van der Waals surface area contributed by atoms with Crippen molar-refractivity contribution >= 4 is 44.8 Å². The maximum atomic E-state index is 13.4. The quantitative estimate of drug-likeness (QED) is 0.488. The molecule has 0 aromatic heterocycles. The average molecular weight is 493 g/mol. The highest BCUT2D eigenvalue weighted by atomic mass is 35.5.